The Morgan fingerprint density at radius 2 is 1.86 bits per heavy atom. The average Bonchev–Trinajstić information content (AvgIpc) is 2.36. The fourth-order valence-electron chi connectivity index (χ4n) is 2.13. The Balaban J connectivity index is 2.43. The van der Waals surface area contributed by atoms with Crippen LogP contribution in [0.5, 0.6) is 0 Å². The maximum absolute atomic E-state index is 14.4. The monoisotopic (exact) mass is 303 g/mol. The lowest BCUT2D eigenvalue weighted by Gasteiger charge is -2.33. The van der Waals surface area contributed by atoms with E-state index in [2.05, 4.69) is 5.32 Å². The standard InChI is InChI=1S/C13H22FN3O4/c1-12(2,3)21-11(20)16-9-4-6-13(14,7-5-9)10(19)17-15-8-18/h8-9H,4-7H2,1-3H3,(H,15,18)(H,16,20)(H,17,19). The molecule has 1 rings (SSSR count). The molecule has 7 nitrogen and oxygen atoms in total. The minimum atomic E-state index is -2.03. The lowest BCUT2D eigenvalue weighted by Crippen LogP contribution is -2.52. The van der Waals surface area contributed by atoms with E-state index in [-0.39, 0.29) is 25.3 Å². The van der Waals surface area contributed by atoms with E-state index in [1.54, 1.807) is 20.8 Å². The quantitative estimate of drug-likeness (QED) is 0.532. The normalized spacial score (nSPS) is 25.6. The molecular weight excluding hydrogens is 281 g/mol. The number of alkyl halides is 1. The molecule has 0 radical (unpaired) electrons. The van der Waals surface area contributed by atoms with Crippen LogP contribution in [0.2, 0.25) is 0 Å². The van der Waals surface area contributed by atoms with Gasteiger partial charge in [0.1, 0.15) is 5.60 Å². The zero-order valence-corrected chi connectivity index (χ0v) is 12.5. The SMILES string of the molecule is CC(C)(C)OC(=O)NC1CCC(F)(C(=O)NNC=O)CC1. The Morgan fingerprint density at radius 1 is 1.29 bits per heavy atom. The van der Waals surface area contributed by atoms with Crippen LogP contribution >= 0.6 is 0 Å². The van der Waals surface area contributed by atoms with Crippen LogP contribution in [0.1, 0.15) is 46.5 Å². The van der Waals surface area contributed by atoms with E-state index in [0.717, 1.165) is 0 Å². The molecule has 0 heterocycles. The van der Waals surface area contributed by atoms with Crippen LogP contribution in [-0.2, 0) is 14.3 Å². The number of hydrogen-bond donors (Lipinski definition) is 3. The first-order valence-electron chi connectivity index (χ1n) is 6.84. The first-order valence-corrected chi connectivity index (χ1v) is 6.84. The van der Waals surface area contributed by atoms with Crippen LogP contribution in [0.25, 0.3) is 0 Å². The van der Waals surface area contributed by atoms with Gasteiger partial charge in [-0.05, 0) is 46.5 Å². The van der Waals surface area contributed by atoms with Gasteiger partial charge in [0.15, 0.2) is 5.67 Å². The van der Waals surface area contributed by atoms with Gasteiger partial charge in [0, 0.05) is 6.04 Å². The largest absolute Gasteiger partial charge is 0.444 e. The van der Waals surface area contributed by atoms with Crippen molar-refractivity contribution in [2.75, 3.05) is 0 Å². The summed E-state index contributed by atoms with van der Waals surface area (Å²) in [6, 6.07) is -0.226. The van der Waals surface area contributed by atoms with Crippen molar-refractivity contribution in [3.05, 3.63) is 0 Å². The van der Waals surface area contributed by atoms with Crippen molar-refractivity contribution in [1.29, 1.82) is 0 Å². The van der Waals surface area contributed by atoms with Gasteiger partial charge in [-0.15, -0.1) is 0 Å². The number of carbonyl (C=O) groups excluding carboxylic acids is 3. The fourth-order valence-corrected chi connectivity index (χ4v) is 2.13. The summed E-state index contributed by atoms with van der Waals surface area (Å²) in [5.74, 6) is -0.870. The predicted octanol–water partition coefficient (Wildman–Crippen LogP) is 0.939. The molecule has 0 saturated heterocycles. The first kappa shape index (κ1) is 17.2. The summed E-state index contributed by atoms with van der Waals surface area (Å²) < 4.78 is 19.5. The number of alkyl carbamates (subject to hydrolysis) is 1. The van der Waals surface area contributed by atoms with Gasteiger partial charge in [0.25, 0.3) is 5.91 Å². The third-order valence-corrected chi connectivity index (χ3v) is 3.15. The molecule has 21 heavy (non-hydrogen) atoms. The van der Waals surface area contributed by atoms with E-state index in [4.69, 9.17) is 4.74 Å². The molecule has 3 amide bonds. The van der Waals surface area contributed by atoms with Gasteiger partial charge in [0.2, 0.25) is 6.41 Å². The molecule has 0 unspecified atom stereocenters. The van der Waals surface area contributed by atoms with E-state index in [0.29, 0.717) is 12.8 Å². The Kier molecular flexibility index (Phi) is 5.51. The molecule has 0 aromatic heterocycles. The molecule has 0 atom stereocenters. The molecule has 0 aromatic carbocycles. The maximum Gasteiger partial charge on any atom is 0.407 e. The van der Waals surface area contributed by atoms with E-state index < -0.39 is 23.3 Å². The molecule has 0 aromatic rings. The third kappa shape index (κ3) is 5.57. The molecule has 1 fully saturated rings. The zero-order valence-electron chi connectivity index (χ0n) is 12.5. The van der Waals surface area contributed by atoms with Gasteiger partial charge in [-0.3, -0.25) is 20.4 Å². The smallest absolute Gasteiger partial charge is 0.407 e. The summed E-state index contributed by atoms with van der Waals surface area (Å²) in [6.07, 6.45) is 0.302. The number of nitrogens with one attached hydrogen (secondary N) is 3. The molecular formula is C13H22FN3O4. The van der Waals surface area contributed by atoms with E-state index in [1.807, 2.05) is 10.9 Å². The van der Waals surface area contributed by atoms with Crippen LogP contribution in [0, 0.1) is 0 Å². The minimum Gasteiger partial charge on any atom is -0.444 e. The lowest BCUT2D eigenvalue weighted by molar-refractivity contribution is -0.137. The van der Waals surface area contributed by atoms with E-state index in [1.165, 1.54) is 0 Å². The number of carbonyl (C=O) groups is 3. The van der Waals surface area contributed by atoms with Crippen molar-refractivity contribution in [3.63, 3.8) is 0 Å². The third-order valence-electron chi connectivity index (χ3n) is 3.15. The second kappa shape index (κ2) is 6.73. The Morgan fingerprint density at radius 3 is 2.33 bits per heavy atom. The first-order chi connectivity index (χ1) is 9.66. The average molecular weight is 303 g/mol. The Labute approximate surface area is 122 Å². The summed E-state index contributed by atoms with van der Waals surface area (Å²) in [7, 11) is 0. The molecule has 120 valence electrons. The van der Waals surface area contributed by atoms with Crippen LogP contribution in [0.3, 0.4) is 0 Å². The summed E-state index contributed by atoms with van der Waals surface area (Å²) in [6.45, 7) is 5.26. The highest BCUT2D eigenvalue weighted by atomic mass is 19.1. The van der Waals surface area contributed by atoms with Crippen LogP contribution in [0.15, 0.2) is 0 Å². The van der Waals surface area contributed by atoms with E-state index in [9.17, 15) is 18.8 Å². The molecule has 3 N–H and O–H groups in total. The number of halogens is 1. The van der Waals surface area contributed by atoms with Crippen molar-refractivity contribution >= 4 is 18.4 Å². The Bertz CT molecular complexity index is 401. The Hall–Kier alpha value is -1.86. The number of hydrazine groups is 1. The van der Waals surface area contributed by atoms with Gasteiger partial charge in [-0.25, -0.2) is 9.18 Å². The zero-order chi connectivity index (χ0) is 16.1. The summed E-state index contributed by atoms with van der Waals surface area (Å²) in [5.41, 5.74) is 1.30. The van der Waals surface area contributed by atoms with Crippen molar-refractivity contribution < 1.29 is 23.5 Å². The minimum absolute atomic E-state index is 0.0279. The van der Waals surface area contributed by atoms with Crippen molar-refractivity contribution in [2.24, 2.45) is 0 Å². The fraction of sp³-hybridized carbons (Fsp3) is 0.769. The number of hydrogen-bond acceptors (Lipinski definition) is 4. The highest BCUT2D eigenvalue weighted by Crippen LogP contribution is 2.32. The number of ether oxygens (including phenoxy) is 1. The van der Waals surface area contributed by atoms with Crippen LogP contribution in [-0.4, -0.2) is 35.7 Å². The highest BCUT2D eigenvalue weighted by molar-refractivity contribution is 5.85. The molecule has 0 bridgehead atoms. The lowest BCUT2D eigenvalue weighted by atomic mass is 9.83. The number of rotatable bonds is 4. The number of amides is 3. The maximum atomic E-state index is 14.4. The highest BCUT2D eigenvalue weighted by Gasteiger charge is 2.42. The van der Waals surface area contributed by atoms with Crippen molar-refractivity contribution in [1.82, 2.24) is 16.2 Å². The second-order valence-electron chi connectivity index (χ2n) is 6.10. The predicted molar refractivity (Wildman–Crippen MR) is 72.8 cm³/mol. The van der Waals surface area contributed by atoms with Gasteiger partial charge >= 0.3 is 6.09 Å². The molecule has 1 saturated carbocycles. The van der Waals surface area contributed by atoms with Crippen molar-refractivity contribution in [3.8, 4) is 0 Å². The van der Waals surface area contributed by atoms with Gasteiger partial charge in [0.05, 0.1) is 0 Å². The molecule has 1 aliphatic carbocycles. The molecule has 0 aliphatic heterocycles. The molecule has 8 heteroatoms. The second-order valence-corrected chi connectivity index (χ2v) is 6.10. The van der Waals surface area contributed by atoms with Crippen LogP contribution < -0.4 is 16.2 Å². The van der Waals surface area contributed by atoms with Gasteiger partial charge in [-0.1, -0.05) is 0 Å². The summed E-state index contributed by atoms with van der Waals surface area (Å²) >= 11 is 0. The summed E-state index contributed by atoms with van der Waals surface area (Å²) in [4.78, 5) is 33.3. The van der Waals surface area contributed by atoms with Crippen LogP contribution in [0.4, 0.5) is 9.18 Å². The van der Waals surface area contributed by atoms with Gasteiger partial charge in [-0.2, -0.15) is 0 Å². The van der Waals surface area contributed by atoms with Crippen molar-refractivity contribution in [2.45, 2.75) is 63.8 Å². The molecule has 0 spiro atoms. The molecule has 1 aliphatic rings. The van der Waals surface area contributed by atoms with E-state index >= 15 is 0 Å². The van der Waals surface area contributed by atoms with Gasteiger partial charge < -0.3 is 10.1 Å². The summed E-state index contributed by atoms with van der Waals surface area (Å²) in [5, 5.41) is 2.66. The topological polar surface area (TPSA) is 96.5 Å².